The summed E-state index contributed by atoms with van der Waals surface area (Å²) in [7, 11) is 1.93. The monoisotopic (exact) mass is 446 g/mol. The zero-order valence-corrected chi connectivity index (χ0v) is 18.5. The molecule has 0 unspecified atom stereocenters. The summed E-state index contributed by atoms with van der Waals surface area (Å²) in [5, 5.41) is 6.52. The Kier molecular flexibility index (Phi) is 5.36. The number of halogens is 1. The van der Waals surface area contributed by atoms with Crippen molar-refractivity contribution >= 4 is 17.2 Å². The van der Waals surface area contributed by atoms with Crippen molar-refractivity contribution in [3.8, 4) is 21.7 Å². The fraction of sp³-hybridized carbons (Fsp3) is 0.200. The van der Waals surface area contributed by atoms with Gasteiger partial charge < -0.3 is 10.6 Å². The van der Waals surface area contributed by atoms with E-state index in [4.69, 9.17) is 5.73 Å². The van der Waals surface area contributed by atoms with Crippen molar-refractivity contribution in [2.24, 2.45) is 12.8 Å². The number of nitrogens with zero attached hydrogens (tertiary/aromatic N) is 3. The fourth-order valence-corrected chi connectivity index (χ4v) is 5.17. The van der Waals surface area contributed by atoms with Gasteiger partial charge in [-0.1, -0.05) is 24.3 Å². The molecule has 0 spiro atoms. The second-order valence-corrected chi connectivity index (χ2v) is 8.98. The van der Waals surface area contributed by atoms with Crippen LogP contribution >= 0.6 is 11.3 Å². The predicted octanol–water partition coefficient (Wildman–Crippen LogP) is 4.48. The number of rotatable bonds is 6. The number of fused-ring (bicyclic) bond motifs is 1. The standard InChI is InChI=1S/C25H23FN4OS/c1-29-24(22(14-28-29)23-6-3-9-32-23)17-7-8-21-18(12-17)15-30(25(21)31)20(13-27)11-16-4-2-5-19(26)10-16/h2-10,12,14,20H,11,13,15,27H2,1H3/t20-/m0/s1. The van der Waals surface area contributed by atoms with Crippen molar-refractivity contribution in [2.75, 3.05) is 6.54 Å². The molecule has 3 heterocycles. The van der Waals surface area contributed by atoms with E-state index in [2.05, 4.69) is 22.6 Å². The Balaban J connectivity index is 1.45. The Hall–Kier alpha value is -3.29. The maximum Gasteiger partial charge on any atom is 0.254 e. The Morgan fingerprint density at radius 3 is 2.78 bits per heavy atom. The summed E-state index contributed by atoms with van der Waals surface area (Å²) >= 11 is 1.68. The molecule has 0 saturated carbocycles. The minimum absolute atomic E-state index is 0.0260. The van der Waals surface area contributed by atoms with Crippen LogP contribution in [0.4, 0.5) is 4.39 Å². The summed E-state index contributed by atoms with van der Waals surface area (Å²) < 4.78 is 15.5. The minimum Gasteiger partial charge on any atom is -0.330 e. The zero-order chi connectivity index (χ0) is 22.2. The number of hydrogen-bond acceptors (Lipinski definition) is 4. The van der Waals surface area contributed by atoms with Gasteiger partial charge in [0.05, 0.1) is 11.9 Å². The van der Waals surface area contributed by atoms with E-state index in [-0.39, 0.29) is 17.8 Å². The van der Waals surface area contributed by atoms with E-state index in [1.54, 1.807) is 17.4 Å². The van der Waals surface area contributed by atoms with Crippen LogP contribution in [0.25, 0.3) is 21.7 Å². The van der Waals surface area contributed by atoms with Gasteiger partial charge >= 0.3 is 0 Å². The number of aryl methyl sites for hydroxylation is 1. The van der Waals surface area contributed by atoms with Crippen LogP contribution in [-0.2, 0) is 20.0 Å². The molecule has 5 nitrogen and oxygen atoms in total. The van der Waals surface area contributed by atoms with E-state index >= 15 is 0 Å². The summed E-state index contributed by atoms with van der Waals surface area (Å²) in [5.74, 6) is -0.307. The van der Waals surface area contributed by atoms with Crippen LogP contribution in [0.3, 0.4) is 0 Å². The lowest BCUT2D eigenvalue weighted by Gasteiger charge is -2.26. The molecule has 0 aliphatic carbocycles. The number of benzene rings is 2. The predicted molar refractivity (Wildman–Crippen MR) is 125 cm³/mol. The van der Waals surface area contributed by atoms with E-state index in [1.165, 1.54) is 12.1 Å². The molecule has 32 heavy (non-hydrogen) atoms. The lowest BCUT2D eigenvalue weighted by molar-refractivity contribution is 0.0708. The van der Waals surface area contributed by atoms with Crippen LogP contribution in [0.5, 0.6) is 0 Å². The number of nitrogens with two attached hydrogens (primary N) is 1. The maximum atomic E-state index is 13.6. The first-order chi connectivity index (χ1) is 15.5. The highest BCUT2D eigenvalue weighted by molar-refractivity contribution is 7.13. The van der Waals surface area contributed by atoms with Gasteiger partial charge in [0.15, 0.2) is 0 Å². The molecular weight excluding hydrogens is 423 g/mol. The number of carbonyl (C=O) groups is 1. The summed E-state index contributed by atoms with van der Waals surface area (Å²) in [4.78, 5) is 16.1. The van der Waals surface area contributed by atoms with Crippen molar-refractivity contribution in [1.82, 2.24) is 14.7 Å². The first kappa shape index (κ1) is 20.6. The number of hydrogen-bond donors (Lipinski definition) is 1. The fourth-order valence-electron chi connectivity index (χ4n) is 4.43. The van der Waals surface area contributed by atoms with Gasteiger partial charge in [-0.2, -0.15) is 5.10 Å². The molecule has 0 saturated heterocycles. The largest absolute Gasteiger partial charge is 0.330 e. The van der Waals surface area contributed by atoms with Crippen LogP contribution in [0.1, 0.15) is 21.5 Å². The summed E-state index contributed by atoms with van der Waals surface area (Å²) in [6.45, 7) is 0.804. The number of aromatic nitrogens is 2. The molecule has 0 fully saturated rings. The van der Waals surface area contributed by atoms with Gasteiger partial charge in [-0.25, -0.2) is 4.39 Å². The molecule has 4 aromatic rings. The van der Waals surface area contributed by atoms with Gasteiger partial charge in [0.1, 0.15) is 5.82 Å². The Morgan fingerprint density at radius 1 is 1.16 bits per heavy atom. The highest BCUT2D eigenvalue weighted by Gasteiger charge is 2.32. The average molecular weight is 447 g/mol. The van der Waals surface area contributed by atoms with Gasteiger partial charge in [0, 0.05) is 47.7 Å². The lowest BCUT2D eigenvalue weighted by atomic mass is 10.0. The maximum absolute atomic E-state index is 13.6. The summed E-state index contributed by atoms with van der Waals surface area (Å²) in [6.07, 6.45) is 2.40. The Bertz CT molecular complexity index is 1280. The number of amides is 1. The number of carbonyl (C=O) groups excluding carboxylic acids is 1. The van der Waals surface area contributed by atoms with E-state index in [0.717, 1.165) is 32.8 Å². The highest BCUT2D eigenvalue weighted by Crippen LogP contribution is 2.36. The van der Waals surface area contributed by atoms with Gasteiger partial charge in [-0.15, -0.1) is 11.3 Å². The first-order valence-electron chi connectivity index (χ1n) is 10.5. The van der Waals surface area contributed by atoms with Gasteiger partial charge in [-0.3, -0.25) is 9.48 Å². The molecule has 1 aliphatic heterocycles. The molecule has 0 bridgehead atoms. The third-order valence-corrected chi connectivity index (χ3v) is 6.91. The first-order valence-corrected chi connectivity index (χ1v) is 11.4. The highest BCUT2D eigenvalue weighted by atomic mass is 32.1. The van der Waals surface area contributed by atoms with Crippen molar-refractivity contribution < 1.29 is 9.18 Å². The van der Waals surface area contributed by atoms with Gasteiger partial charge in [0.25, 0.3) is 5.91 Å². The van der Waals surface area contributed by atoms with E-state index < -0.39 is 0 Å². The van der Waals surface area contributed by atoms with E-state index in [1.807, 2.05) is 47.1 Å². The average Bonchev–Trinajstić information content (AvgIpc) is 3.51. The molecule has 1 amide bonds. The van der Waals surface area contributed by atoms with Gasteiger partial charge in [0.2, 0.25) is 0 Å². The Labute approximate surface area is 189 Å². The number of thiophene rings is 1. The van der Waals surface area contributed by atoms with Crippen molar-refractivity contribution in [1.29, 1.82) is 0 Å². The van der Waals surface area contributed by atoms with Crippen molar-refractivity contribution in [3.63, 3.8) is 0 Å². The molecule has 5 rings (SSSR count). The molecule has 2 N–H and O–H groups in total. The van der Waals surface area contributed by atoms with E-state index in [9.17, 15) is 9.18 Å². The third-order valence-electron chi connectivity index (χ3n) is 6.01. The molecule has 2 aromatic heterocycles. The molecule has 2 aromatic carbocycles. The molecule has 162 valence electrons. The van der Waals surface area contributed by atoms with Crippen LogP contribution in [0, 0.1) is 5.82 Å². The topological polar surface area (TPSA) is 64.2 Å². The van der Waals surface area contributed by atoms with Crippen LogP contribution in [-0.4, -0.2) is 33.2 Å². The Morgan fingerprint density at radius 2 is 2.03 bits per heavy atom. The van der Waals surface area contributed by atoms with E-state index in [0.29, 0.717) is 25.1 Å². The zero-order valence-electron chi connectivity index (χ0n) is 17.7. The van der Waals surface area contributed by atoms with Crippen LogP contribution in [0.2, 0.25) is 0 Å². The SMILES string of the molecule is Cn1ncc(-c2cccs2)c1-c1ccc2c(c1)CN([C@H](CN)Cc1cccc(F)c1)C2=O. The molecule has 0 radical (unpaired) electrons. The molecule has 1 atom stereocenters. The second kappa shape index (κ2) is 8.33. The lowest BCUT2D eigenvalue weighted by Crippen LogP contribution is -2.42. The quantitative estimate of drug-likeness (QED) is 0.475. The molecule has 7 heteroatoms. The normalized spacial score (nSPS) is 14.1. The molecule has 1 aliphatic rings. The van der Waals surface area contributed by atoms with Gasteiger partial charge in [-0.05, 0) is 53.3 Å². The smallest absolute Gasteiger partial charge is 0.254 e. The second-order valence-electron chi connectivity index (χ2n) is 8.04. The van der Waals surface area contributed by atoms with Crippen molar-refractivity contribution in [2.45, 2.75) is 19.0 Å². The van der Waals surface area contributed by atoms with Crippen LogP contribution < -0.4 is 5.73 Å². The van der Waals surface area contributed by atoms with Crippen molar-refractivity contribution in [3.05, 3.63) is 88.7 Å². The molecular formula is C25H23FN4OS. The summed E-state index contributed by atoms with van der Waals surface area (Å²) in [6, 6.07) is 16.4. The summed E-state index contributed by atoms with van der Waals surface area (Å²) in [5.41, 5.74) is 11.7. The van der Waals surface area contributed by atoms with Crippen LogP contribution in [0.15, 0.2) is 66.2 Å². The third kappa shape index (κ3) is 3.63. The minimum atomic E-state index is -0.281.